The van der Waals surface area contributed by atoms with E-state index in [-0.39, 0.29) is 5.97 Å². The summed E-state index contributed by atoms with van der Waals surface area (Å²) in [4.78, 5) is 11.3. The Morgan fingerprint density at radius 3 is 2.80 bits per heavy atom. The van der Waals surface area contributed by atoms with Crippen LogP contribution in [0.4, 0.5) is 5.69 Å². The maximum absolute atomic E-state index is 11.3. The van der Waals surface area contributed by atoms with E-state index < -0.39 is 0 Å². The summed E-state index contributed by atoms with van der Waals surface area (Å²) in [5.41, 5.74) is 7.29. The molecule has 0 amide bonds. The Balaban J connectivity index is 2.60. The molecule has 82 valence electrons. The standard InChI is InChI=1S/C12H17NO2/c1-3-4-5-12(14)15-11-7-6-9(2)8-10(11)13/h6-8H,3-5,13H2,1-2H3. The molecule has 0 aliphatic carbocycles. The van der Waals surface area contributed by atoms with Crippen molar-refractivity contribution >= 4 is 11.7 Å². The second-order valence-corrected chi connectivity index (χ2v) is 3.62. The molecule has 2 N–H and O–H groups in total. The molecular weight excluding hydrogens is 190 g/mol. The molecule has 0 atom stereocenters. The molecule has 0 saturated carbocycles. The van der Waals surface area contributed by atoms with Crippen LogP contribution < -0.4 is 10.5 Å². The molecule has 0 unspecified atom stereocenters. The Bertz CT molecular complexity index is 347. The highest BCUT2D eigenvalue weighted by Crippen LogP contribution is 2.22. The van der Waals surface area contributed by atoms with Crippen LogP contribution in [0.2, 0.25) is 0 Å². The molecule has 0 fully saturated rings. The zero-order chi connectivity index (χ0) is 11.3. The minimum absolute atomic E-state index is 0.215. The predicted octanol–water partition coefficient (Wildman–Crippen LogP) is 2.67. The third-order valence-corrected chi connectivity index (χ3v) is 2.12. The van der Waals surface area contributed by atoms with Gasteiger partial charge in [0.25, 0.3) is 0 Å². The van der Waals surface area contributed by atoms with Gasteiger partial charge in [0, 0.05) is 6.42 Å². The maximum Gasteiger partial charge on any atom is 0.311 e. The number of nitrogen functional groups attached to an aromatic ring is 1. The summed E-state index contributed by atoms with van der Waals surface area (Å²) in [6.07, 6.45) is 2.28. The van der Waals surface area contributed by atoms with Crippen molar-refractivity contribution in [3.05, 3.63) is 23.8 Å². The van der Waals surface area contributed by atoms with E-state index >= 15 is 0 Å². The first-order valence-electron chi connectivity index (χ1n) is 5.20. The van der Waals surface area contributed by atoms with Crippen LogP contribution in [-0.4, -0.2) is 5.97 Å². The van der Waals surface area contributed by atoms with Gasteiger partial charge in [0.15, 0.2) is 5.75 Å². The fourth-order valence-electron chi connectivity index (χ4n) is 1.26. The molecule has 3 heteroatoms. The van der Waals surface area contributed by atoms with Crippen LogP contribution in [0.25, 0.3) is 0 Å². The van der Waals surface area contributed by atoms with Gasteiger partial charge in [-0.1, -0.05) is 19.4 Å². The van der Waals surface area contributed by atoms with E-state index in [9.17, 15) is 4.79 Å². The SMILES string of the molecule is CCCCC(=O)Oc1ccc(C)cc1N. The minimum Gasteiger partial charge on any atom is -0.424 e. The lowest BCUT2D eigenvalue weighted by atomic mass is 10.2. The molecule has 0 heterocycles. The number of ether oxygens (including phenoxy) is 1. The van der Waals surface area contributed by atoms with Crippen molar-refractivity contribution in [2.75, 3.05) is 5.73 Å². The first-order valence-corrected chi connectivity index (χ1v) is 5.20. The van der Waals surface area contributed by atoms with Crippen LogP contribution in [0, 0.1) is 6.92 Å². The summed E-state index contributed by atoms with van der Waals surface area (Å²) in [7, 11) is 0. The van der Waals surface area contributed by atoms with Crippen molar-refractivity contribution in [3.8, 4) is 5.75 Å². The first-order chi connectivity index (χ1) is 7.13. The molecule has 0 aliphatic heterocycles. The van der Waals surface area contributed by atoms with Crippen molar-refractivity contribution in [1.82, 2.24) is 0 Å². The lowest BCUT2D eigenvalue weighted by molar-refractivity contribution is -0.134. The summed E-state index contributed by atoms with van der Waals surface area (Å²) in [5, 5.41) is 0. The third kappa shape index (κ3) is 3.62. The van der Waals surface area contributed by atoms with E-state index in [2.05, 4.69) is 0 Å². The quantitative estimate of drug-likeness (QED) is 0.469. The average Bonchev–Trinajstić information content (AvgIpc) is 2.19. The van der Waals surface area contributed by atoms with Crippen LogP contribution in [-0.2, 0) is 4.79 Å². The largest absolute Gasteiger partial charge is 0.424 e. The summed E-state index contributed by atoms with van der Waals surface area (Å²) in [6.45, 7) is 3.98. The molecule has 1 aromatic carbocycles. The van der Waals surface area contributed by atoms with Crippen molar-refractivity contribution in [3.63, 3.8) is 0 Å². The Morgan fingerprint density at radius 1 is 1.47 bits per heavy atom. The number of unbranched alkanes of at least 4 members (excludes halogenated alkanes) is 1. The van der Waals surface area contributed by atoms with E-state index in [1.165, 1.54) is 0 Å². The Labute approximate surface area is 90.2 Å². The van der Waals surface area contributed by atoms with Crippen molar-refractivity contribution < 1.29 is 9.53 Å². The number of nitrogens with two attached hydrogens (primary N) is 1. The van der Waals surface area contributed by atoms with Crippen LogP contribution in [0.5, 0.6) is 5.75 Å². The van der Waals surface area contributed by atoms with Gasteiger partial charge in [-0.2, -0.15) is 0 Å². The lowest BCUT2D eigenvalue weighted by Gasteiger charge is -2.07. The molecule has 0 bridgehead atoms. The number of hydrogen-bond donors (Lipinski definition) is 1. The number of anilines is 1. The topological polar surface area (TPSA) is 52.3 Å². The summed E-state index contributed by atoms with van der Waals surface area (Å²) in [5.74, 6) is 0.245. The Morgan fingerprint density at radius 2 is 2.20 bits per heavy atom. The number of carbonyl (C=O) groups is 1. The molecule has 0 spiro atoms. The zero-order valence-electron chi connectivity index (χ0n) is 9.25. The summed E-state index contributed by atoms with van der Waals surface area (Å²) in [6, 6.07) is 5.40. The zero-order valence-corrected chi connectivity index (χ0v) is 9.25. The molecule has 0 saturated heterocycles. The van der Waals surface area contributed by atoms with Gasteiger partial charge in [0.1, 0.15) is 0 Å². The number of benzene rings is 1. The van der Waals surface area contributed by atoms with E-state index in [1.54, 1.807) is 12.1 Å². The molecule has 1 rings (SSSR count). The van der Waals surface area contributed by atoms with Crippen molar-refractivity contribution in [2.45, 2.75) is 33.1 Å². The van der Waals surface area contributed by atoms with Gasteiger partial charge in [-0.05, 0) is 31.0 Å². The summed E-state index contributed by atoms with van der Waals surface area (Å²) < 4.78 is 5.14. The molecule has 3 nitrogen and oxygen atoms in total. The van der Waals surface area contributed by atoms with Gasteiger partial charge >= 0.3 is 5.97 Å². The number of rotatable bonds is 4. The molecular formula is C12H17NO2. The maximum atomic E-state index is 11.3. The predicted molar refractivity (Wildman–Crippen MR) is 60.8 cm³/mol. The van der Waals surface area contributed by atoms with Gasteiger partial charge in [-0.3, -0.25) is 4.79 Å². The number of esters is 1. The number of carbonyl (C=O) groups excluding carboxylic acids is 1. The number of hydrogen-bond acceptors (Lipinski definition) is 3. The average molecular weight is 207 g/mol. The highest BCUT2D eigenvalue weighted by Gasteiger charge is 2.06. The van der Waals surface area contributed by atoms with Gasteiger partial charge in [0.2, 0.25) is 0 Å². The van der Waals surface area contributed by atoms with Gasteiger partial charge < -0.3 is 10.5 Å². The van der Waals surface area contributed by atoms with Crippen LogP contribution in [0.15, 0.2) is 18.2 Å². The van der Waals surface area contributed by atoms with Gasteiger partial charge in [-0.25, -0.2) is 0 Å². The second-order valence-electron chi connectivity index (χ2n) is 3.62. The van der Waals surface area contributed by atoms with Crippen LogP contribution in [0.3, 0.4) is 0 Å². The van der Waals surface area contributed by atoms with E-state index in [4.69, 9.17) is 10.5 Å². The van der Waals surface area contributed by atoms with E-state index in [0.29, 0.717) is 17.9 Å². The molecule has 0 radical (unpaired) electrons. The molecule has 0 aliphatic rings. The lowest BCUT2D eigenvalue weighted by Crippen LogP contribution is -2.08. The Kier molecular flexibility index (Phi) is 4.16. The van der Waals surface area contributed by atoms with Crippen molar-refractivity contribution in [1.29, 1.82) is 0 Å². The fourth-order valence-corrected chi connectivity index (χ4v) is 1.26. The smallest absolute Gasteiger partial charge is 0.311 e. The molecule has 0 aromatic heterocycles. The monoisotopic (exact) mass is 207 g/mol. The van der Waals surface area contributed by atoms with E-state index in [1.807, 2.05) is 19.9 Å². The van der Waals surface area contributed by atoms with Crippen LogP contribution in [0.1, 0.15) is 31.7 Å². The third-order valence-electron chi connectivity index (χ3n) is 2.12. The van der Waals surface area contributed by atoms with E-state index in [0.717, 1.165) is 18.4 Å². The normalized spacial score (nSPS) is 10.0. The minimum atomic E-state index is -0.215. The number of aryl methyl sites for hydroxylation is 1. The van der Waals surface area contributed by atoms with Gasteiger partial charge in [0.05, 0.1) is 5.69 Å². The summed E-state index contributed by atoms with van der Waals surface area (Å²) >= 11 is 0. The van der Waals surface area contributed by atoms with Crippen LogP contribution >= 0.6 is 0 Å². The Hall–Kier alpha value is -1.51. The van der Waals surface area contributed by atoms with Crippen molar-refractivity contribution in [2.24, 2.45) is 0 Å². The highest BCUT2D eigenvalue weighted by molar-refractivity contribution is 5.74. The molecule has 1 aromatic rings. The second kappa shape index (κ2) is 5.39. The van der Waals surface area contributed by atoms with Gasteiger partial charge in [-0.15, -0.1) is 0 Å². The first kappa shape index (κ1) is 11.6. The fraction of sp³-hybridized carbons (Fsp3) is 0.417. The molecule has 15 heavy (non-hydrogen) atoms. The highest BCUT2D eigenvalue weighted by atomic mass is 16.5.